The average Bonchev–Trinajstić information content (AvgIpc) is 3.47. The third-order valence-electron chi connectivity index (χ3n) is 7.45. The van der Waals surface area contributed by atoms with Crippen LogP contribution in [0.15, 0.2) is 36.2 Å². The van der Waals surface area contributed by atoms with Crippen LogP contribution in [0.5, 0.6) is 0 Å². The molecule has 1 fully saturated rings. The Hall–Kier alpha value is -3.51. The molecule has 1 aromatic carbocycles. The molecule has 2 aromatic rings. The van der Waals surface area contributed by atoms with Crippen molar-refractivity contribution < 1.29 is 22.7 Å². The maximum Gasteiger partial charge on any atom is 0.268 e. The van der Waals surface area contributed by atoms with Gasteiger partial charge < -0.3 is 31.0 Å². The third kappa shape index (κ3) is 4.66. The maximum atomic E-state index is 12.2. The highest BCUT2D eigenvalue weighted by molar-refractivity contribution is 7.88. The van der Waals surface area contributed by atoms with Crippen molar-refractivity contribution in [2.45, 2.75) is 38.5 Å². The number of sulfonamides is 1. The van der Waals surface area contributed by atoms with Gasteiger partial charge in [-0.1, -0.05) is 6.08 Å². The van der Waals surface area contributed by atoms with E-state index in [-0.39, 0.29) is 12.3 Å². The van der Waals surface area contributed by atoms with Crippen LogP contribution in [0.4, 0.5) is 5.69 Å². The molecular formula is C25H32N6O5S. The van der Waals surface area contributed by atoms with E-state index in [9.17, 15) is 18.0 Å². The Morgan fingerprint density at radius 1 is 1.16 bits per heavy atom. The van der Waals surface area contributed by atoms with Gasteiger partial charge >= 0.3 is 0 Å². The normalized spacial score (nSPS) is 23.1. The summed E-state index contributed by atoms with van der Waals surface area (Å²) in [7, 11) is -3.26. The molecule has 37 heavy (non-hydrogen) atoms. The van der Waals surface area contributed by atoms with E-state index in [4.69, 9.17) is 16.2 Å². The number of rotatable bonds is 6. The fourth-order valence-electron chi connectivity index (χ4n) is 5.62. The van der Waals surface area contributed by atoms with E-state index >= 15 is 0 Å². The molecule has 2 amide bonds. The summed E-state index contributed by atoms with van der Waals surface area (Å²) in [5.41, 5.74) is 15.5. The van der Waals surface area contributed by atoms with Crippen LogP contribution in [-0.2, 0) is 19.6 Å². The number of carbonyl (C=O) groups is 2. The Morgan fingerprint density at radius 3 is 2.59 bits per heavy atom. The predicted molar refractivity (Wildman–Crippen MR) is 141 cm³/mol. The molecule has 0 bridgehead atoms. The van der Waals surface area contributed by atoms with Gasteiger partial charge in [0.15, 0.2) is 6.23 Å². The first-order valence-corrected chi connectivity index (χ1v) is 14.2. The number of amides is 2. The lowest BCUT2D eigenvalue weighted by Gasteiger charge is -2.41. The van der Waals surface area contributed by atoms with E-state index in [0.717, 1.165) is 41.7 Å². The molecule has 2 atom stereocenters. The SMILES string of the molecule is C[C@H]1OC=C(C(N)=O)N1C1CCCN(c2ccc(C(N)=O)c3[nH]c(C4=CCN(S(C)(=O)=O)CC4)cc23)C1. The maximum absolute atomic E-state index is 12.2. The van der Waals surface area contributed by atoms with Gasteiger partial charge in [0.1, 0.15) is 12.0 Å². The zero-order valence-electron chi connectivity index (χ0n) is 20.9. The van der Waals surface area contributed by atoms with Gasteiger partial charge in [0.25, 0.3) is 11.8 Å². The summed E-state index contributed by atoms with van der Waals surface area (Å²) in [4.78, 5) is 31.8. The number of H-pyrrole nitrogens is 1. The molecule has 5 rings (SSSR count). The van der Waals surface area contributed by atoms with E-state index in [1.54, 1.807) is 6.07 Å². The molecular weight excluding hydrogens is 496 g/mol. The lowest BCUT2D eigenvalue weighted by Crippen LogP contribution is -2.50. The number of carbonyl (C=O) groups excluding carboxylic acids is 2. The number of ether oxygens (including phenoxy) is 1. The molecule has 4 heterocycles. The second-order valence-electron chi connectivity index (χ2n) is 9.82. The summed E-state index contributed by atoms with van der Waals surface area (Å²) in [6.07, 6.45) is 6.62. The Balaban J connectivity index is 1.49. The van der Waals surface area contributed by atoms with E-state index in [1.807, 2.05) is 30.0 Å². The molecule has 1 aromatic heterocycles. The zero-order valence-corrected chi connectivity index (χ0v) is 21.8. The average molecular weight is 529 g/mol. The van der Waals surface area contributed by atoms with Crippen molar-refractivity contribution in [1.82, 2.24) is 14.2 Å². The fourth-order valence-corrected chi connectivity index (χ4v) is 6.39. The molecule has 3 aliphatic rings. The molecule has 11 nitrogen and oxygen atoms in total. The Labute approximate surface area is 215 Å². The summed E-state index contributed by atoms with van der Waals surface area (Å²) in [6, 6.07) is 5.69. The summed E-state index contributed by atoms with van der Waals surface area (Å²) in [5, 5.41) is 0.870. The van der Waals surface area contributed by atoms with Gasteiger partial charge in [0.05, 0.1) is 23.4 Å². The molecule has 0 saturated carbocycles. The number of nitrogens with one attached hydrogen (secondary N) is 1. The number of hydrogen-bond acceptors (Lipinski definition) is 7. The number of anilines is 1. The topological polar surface area (TPSA) is 155 Å². The quantitative estimate of drug-likeness (QED) is 0.510. The van der Waals surface area contributed by atoms with Crippen molar-refractivity contribution in [3.8, 4) is 0 Å². The Bertz CT molecular complexity index is 1430. The largest absolute Gasteiger partial charge is 0.476 e. The van der Waals surface area contributed by atoms with Gasteiger partial charge in [-0.05, 0) is 50.0 Å². The number of nitrogens with two attached hydrogens (primary N) is 2. The number of piperidine rings is 1. The second-order valence-corrected chi connectivity index (χ2v) is 11.8. The number of hydrogen-bond donors (Lipinski definition) is 3. The van der Waals surface area contributed by atoms with Crippen LogP contribution in [0.1, 0.15) is 42.2 Å². The van der Waals surface area contributed by atoms with E-state index in [1.165, 1.54) is 16.8 Å². The Kier molecular flexibility index (Phi) is 6.40. The van der Waals surface area contributed by atoms with Crippen LogP contribution in [0.25, 0.3) is 16.5 Å². The first kappa shape index (κ1) is 25.2. The predicted octanol–water partition coefficient (Wildman–Crippen LogP) is 1.29. The highest BCUT2D eigenvalue weighted by Crippen LogP contribution is 2.36. The van der Waals surface area contributed by atoms with Crippen molar-refractivity contribution in [2.75, 3.05) is 37.3 Å². The summed E-state index contributed by atoms with van der Waals surface area (Å²) >= 11 is 0. The summed E-state index contributed by atoms with van der Waals surface area (Å²) < 4.78 is 30.8. The summed E-state index contributed by atoms with van der Waals surface area (Å²) in [5.74, 6) is -1.04. The van der Waals surface area contributed by atoms with Crippen molar-refractivity contribution in [3.05, 3.63) is 47.5 Å². The fraction of sp³-hybridized carbons (Fsp3) is 0.440. The molecule has 5 N–H and O–H groups in total. The van der Waals surface area contributed by atoms with Gasteiger partial charge in [-0.2, -0.15) is 4.31 Å². The number of fused-ring (bicyclic) bond motifs is 1. The minimum Gasteiger partial charge on any atom is -0.476 e. The third-order valence-corrected chi connectivity index (χ3v) is 8.72. The van der Waals surface area contributed by atoms with E-state index in [0.29, 0.717) is 42.8 Å². The number of aromatic amines is 1. The summed E-state index contributed by atoms with van der Waals surface area (Å²) in [6.45, 7) is 4.06. The highest BCUT2D eigenvalue weighted by atomic mass is 32.2. The second kappa shape index (κ2) is 9.42. The van der Waals surface area contributed by atoms with Gasteiger partial charge in [-0.15, -0.1) is 0 Å². The molecule has 12 heteroatoms. The van der Waals surface area contributed by atoms with Crippen LogP contribution in [0.2, 0.25) is 0 Å². The first-order chi connectivity index (χ1) is 17.5. The number of primary amides is 2. The highest BCUT2D eigenvalue weighted by Gasteiger charge is 2.36. The molecule has 198 valence electrons. The number of nitrogens with zero attached hydrogens (tertiary/aromatic N) is 3. The van der Waals surface area contributed by atoms with Crippen LogP contribution >= 0.6 is 0 Å². The first-order valence-electron chi connectivity index (χ1n) is 12.3. The lowest BCUT2D eigenvalue weighted by molar-refractivity contribution is -0.116. The minimum atomic E-state index is -3.26. The smallest absolute Gasteiger partial charge is 0.268 e. The van der Waals surface area contributed by atoms with Crippen molar-refractivity contribution >= 4 is 44.0 Å². The van der Waals surface area contributed by atoms with Crippen molar-refractivity contribution in [2.24, 2.45) is 11.5 Å². The molecule has 3 aliphatic heterocycles. The number of benzene rings is 1. The van der Waals surface area contributed by atoms with Crippen LogP contribution in [0, 0.1) is 0 Å². The van der Waals surface area contributed by atoms with Crippen LogP contribution in [0.3, 0.4) is 0 Å². The van der Waals surface area contributed by atoms with Gasteiger partial charge in [-0.3, -0.25) is 9.59 Å². The van der Waals surface area contributed by atoms with Crippen molar-refractivity contribution in [1.29, 1.82) is 0 Å². The van der Waals surface area contributed by atoms with Gasteiger partial charge in [0.2, 0.25) is 10.0 Å². The molecule has 0 radical (unpaired) electrons. The molecule has 1 unspecified atom stereocenters. The minimum absolute atomic E-state index is 0.0253. The zero-order chi connectivity index (χ0) is 26.5. The monoisotopic (exact) mass is 528 g/mol. The van der Waals surface area contributed by atoms with Crippen LogP contribution in [-0.4, -0.2) is 79.1 Å². The van der Waals surface area contributed by atoms with Crippen LogP contribution < -0.4 is 16.4 Å². The number of aromatic nitrogens is 1. The molecule has 1 saturated heterocycles. The molecule has 0 aliphatic carbocycles. The molecule has 0 spiro atoms. The van der Waals surface area contributed by atoms with E-state index in [2.05, 4.69) is 9.88 Å². The Morgan fingerprint density at radius 2 is 1.95 bits per heavy atom. The lowest BCUT2D eigenvalue weighted by atomic mass is 10.0. The van der Waals surface area contributed by atoms with Gasteiger partial charge in [-0.25, -0.2) is 8.42 Å². The van der Waals surface area contributed by atoms with Crippen molar-refractivity contribution in [3.63, 3.8) is 0 Å². The van der Waals surface area contributed by atoms with Gasteiger partial charge in [0, 0.05) is 42.9 Å². The standard InChI is InChI=1S/C25H32N6O5S/c1-15-31(22(14-36-15)25(27)33)17-4-3-9-29(13-17)21-6-5-18(24(26)32)23-19(21)12-20(28-23)16-7-10-30(11-8-16)37(2,34)35/h5-7,12,14-15,17,28H,3-4,8-11,13H2,1-2H3,(H2,26,32)(H2,27,33)/t15-,17?/m1/s1. The van der Waals surface area contributed by atoms with E-state index < -0.39 is 21.8 Å².